The van der Waals surface area contributed by atoms with Crippen molar-refractivity contribution in [3.8, 4) is 0 Å². The van der Waals surface area contributed by atoms with Gasteiger partial charge < -0.3 is 14.9 Å². The monoisotopic (exact) mass is 202 g/mol. The molecule has 1 saturated heterocycles. The van der Waals surface area contributed by atoms with Crippen molar-refractivity contribution in [1.82, 2.24) is 0 Å². The molecule has 0 aromatic carbocycles. The van der Waals surface area contributed by atoms with Crippen LogP contribution in [0, 0.1) is 5.41 Å². The fourth-order valence-corrected chi connectivity index (χ4v) is 2.34. The number of hydrogen-bond donors (Lipinski definition) is 2. The van der Waals surface area contributed by atoms with E-state index in [2.05, 4.69) is 0 Å². The second-order valence-electron chi connectivity index (χ2n) is 3.93. The molecule has 0 saturated carbocycles. The average Bonchev–Trinajstić information content (AvgIpc) is 2.55. The number of aliphatic hydroxyl groups is 1. The zero-order valence-corrected chi connectivity index (χ0v) is 8.75. The Balaban J connectivity index is 3.01. The van der Waals surface area contributed by atoms with Gasteiger partial charge in [-0.25, -0.2) is 0 Å². The van der Waals surface area contributed by atoms with E-state index in [0.717, 1.165) is 0 Å². The maximum atomic E-state index is 11.3. The highest BCUT2D eigenvalue weighted by Crippen LogP contribution is 2.43. The van der Waals surface area contributed by atoms with Crippen molar-refractivity contribution in [3.05, 3.63) is 0 Å². The third-order valence-corrected chi connectivity index (χ3v) is 3.51. The van der Waals surface area contributed by atoms with Gasteiger partial charge in [0.15, 0.2) is 0 Å². The molecule has 1 rings (SSSR count). The minimum Gasteiger partial charge on any atom is -0.481 e. The van der Waals surface area contributed by atoms with Gasteiger partial charge >= 0.3 is 5.97 Å². The fourth-order valence-electron chi connectivity index (χ4n) is 2.34. The molecule has 1 aliphatic rings. The van der Waals surface area contributed by atoms with Crippen LogP contribution < -0.4 is 0 Å². The molecule has 4 nitrogen and oxygen atoms in total. The minimum absolute atomic E-state index is 0.140. The molecule has 1 unspecified atom stereocenters. The first kappa shape index (κ1) is 11.5. The van der Waals surface area contributed by atoms with E-state index in [4.69, 9.17) is 4.74 Å². The number of carboxylic acid groups (broad SMARTS) is 1. The maximum absolute atomic E-state index is 11.3. The molecule has 0 aromatic heterocycles. The number of hydrogen-bond acceptors (Lipinski definition) is 3. The topological polar surface area (TPSA) is 66.8 Å². The molecule has 1 aliphatic heterocycles. The number of ether oxygens (including phenoxy) is 1. The summed E-state index contributed by atoms with van der Waals surface area (Å²) in [7, 11) is 0. The van der Waals surface area contributed by atoms with Crippen molar-refractivity contribution >= 4 is 5.97 Å². The van der Waals surface area contributed by atoms with Gasteiger partial charge in [0.05, 0.1) is 12.0 Å². The van der Waals surface area contributed by atoms with Gasteiger partial charge in [0.2, 0.25) is 0 Å². The Bertz CT molecular complexity index is 214. The van der Waals surface area contributed by atoms with Crippen LogP contribution >= 0.6 is 0 Å². The number of aliphatic carboxylic acids is 1. The van der Waals surface area contributed by atoms with Gasteiger partial charge in [-0.05, 0) is 12.8 Å². The molecule has 82 valence electrons. The Morgan fingerprint density at radius 1 is 1.50 bits per heavy atom. The zero-order valence-electron chi connectivity index (χ0n) is 8.75. The van der Waals surface area contributed by atoms with Crippen molar-refractivity contribution in [2.24, 2.45) is 5.41 Å². The van der Waals surface area contributed by atoms with Crippen LogP contribution in [0.3, 0.4) is 0 Å². The Morgan fingerprint density at radius 2 is 2.07 bits per heavy atom. The summed E-state index contributed by atoms with van der Waals surface area (Å²) in [5.41, 5.74) is -2.24. The molecule has 1 atom stereocenters. The first-order valence-corrected chi connectivity index (χ1v) is 5.06. The molecule has 0 amide bonds. The summed E-state index contributed by atoms with van der Waals surface area (Å²) in [6.45, 7) is 4.19. The molecule has 4 heteroatoms. The highest BCUT2D eigenvalue weighted by Gasteiger charge is 2.55. The third-order valence-electron chi connectivity index (χ3n) is 3.51. The molecule has 0 aliphatic carbocycles. The molecule has 14 heavy (non-hydrogen) atoms. The first-order chi connectivity index (χ1) is 6.52. The van der Waals surface area contributed by atoms with Crippen molar-refractivity contribution in [3.63, 3.8) is 0 Å². The van der Waals surface area contributed by atoms with E-state index >= 15 is 0 Å². The largest absolute Gasteiger partial charge is 0.481 e. The van der Waals surface area contributed by atoms with E-state index in [-0.39, 0.29) is 6.61 Å². The Hall–Kier alpha value is -0.610. The summed E-state index contributed by atoms with van der Waals surface area (Å²) in [5, 5.41) is 19.5. The smallest absolute Gasteiger partial charge is 0.312 e. The molecule has 1 fully saturated rings. The highest BCUT2D eigenvalue weighted by atomic mass is 16.5. The molecule has 0 bridgehead atoms. The van der Waals surface area contributed by atoms with Crippen LogP contribution in [0.1, 0.15) is 33.1 Å². The molecule has 0 spiro atoms. The van der Waals surface area contributed by atoms with E-state index < -0.39 is 17.0 Å². The summed E-state index contributed by atoms with van der Waals surface area (Å²) in [4.78, 5) is 11.3. The third kappa shape index (κ3) is 1.42. The Kier molecular flexibility index (Phi) is 3.17. The summed E-state index contributed by atoms with van der Waals surface area (Å²) in [6, 6.07) is 0. The van der Waals surface area contributed by atoms with Gasteiger partial charge in [0.1, 0.15) is 5.60 Å². The van der Waals surface area contributed by atoms with Gasteiger partial charge in [0, 0.05) is 13.0 Å². The lowest BCUT2D eigenvalue weighted by Crippen LogP contribution is -2.53. The lowest BCUT2D eigenvalue weighted by Gasteiger charge is -2.39. The predicted molar refractivity (Wildman–Crippen MR) is 51.0 cm³/mol. The van der Waals surface area contributed by atoms with Gasteiger partial charge in [0.25, 0.3) is 0 Å². The van der Waals surface area contributed by atoms with Gasteiger partial charge in [-0.1, -0.05) is 13.8 Å². The number of carbonyl (C=O) groups is 1. The molecule has 0 radical (unpaired) electrons. The summed E-state index contributed by atoms with van der Waals surface area (Å²) >= 11 is 0. The Labute approximate surface area is 83.9 Å². The van der Waals surface area contributed by atoms with Gasteiger partial charge in [-0.15, -0.1) is 0 Å². The van der Waals surface area contributed by atoms with Crippen LogP contribution in [0.15, 0.2) is 0 Å². The van der Waals surface area contributed by atoms with Crippen LogP contribution in [0.25, 0.3) is 0 Å². The molecular weight excluding hydrogens is 184 g/mol. The van der Waals surface area contributed by atoms with Crippen molar-refractivity contribution in [2.75, 3.05) is 13.2 Å². The molecular formula is C10H18O4. The van der Waals surface area contributed by atoms with Gasteiger partial charge in [-0.3, -0.25) is 4.79 Å². The Morgan fingerprint density at radius 3 is 2.36 bits per heavy atom. The van der Waals surface area contributed by atoms with E-state index in [9.17, 15) is 15.0 Å². The summed E-state index contributed by atoms with van der Waals surface area (Å²) < 4.78 is 5.11. The van der Waals surface area contributed by atoms with E-state index in [0.29, 0.717) is 25.9 Å². The van der Waals surface area contributed by atoms with Crippen molar-refractivity contribution in [1.29, 1.82) is 0 Å². The minimum atomic E-state index is -1.19. The van der Waals surface area contributed by atoms with Crippen LogP contribution in [0.4, 0.5) is 0 Å². The van der Waals surface area contributed by atoms with Crippen molar-refractivity contribution < 1.29 is 19.7 Å². The molecule has 0 aromatic rings. The van der Waals surface area contributed by atoms with Crippen LogP contribution in [-0.2, 0) is 9.53 Å². The zero-order chi connectivity index (χ0) is 10.8. The lowest BCUT2D eigenvalue weighted by atomic mass is 9.67. The predicted octanol–water partition coefficient (Wildman–Crippen LogP) is 1.03. The standard InChI is InChI=1S/C10H18O4/c1-3-9(4-2,8(11)12)10(13)5-6-14-7-10/h13H,3-7H2,1-2H3,(H,11,12). The summed E-state index contributed by atoms with van der Waals surface area (Å²) in [5.74, 6) is -0.921. The van der Waals surface area contributed by atoms with E-state index in [1.807, 2.05) is 0 Å². The van der Waals surface area contributed by atoms with Crippen LogP contribution in [-0.4, -0.2) is 35.0 Å². The van der Waals surface area contributed by atoms with Gasteiger partial charge in [-0.2, -0.15) is 0 Å². The highest BCUT2D eigenvalue weighted by molar-refractivity contribution is 5.76. The summed E-state index contributed by atoms with van der Waals surface area (Å²) in [6.07, 6.45) is 1.28. The molecule has 1 heterocycles. The van der Waals surface area contributed by atoms with E-state index in [1.165, 1.54) is 0 Å². The lowest BCUT2D eigenvalue weighted by molar-refractivity contribution is -0.171. The average molecular weight is 202 g/mol. The second-order valence-corrected chi connectivity index (χ2v) is 3.93. The van der Waals surface area contributed by atoms with Crippen LogP contribution in [0.5, 0.6) is 0 Å². The quantitative estimate of drug-likeness (QED) is 0.714. The first-order valence-electron chi connectivity index (χ1n) is 5.06. The SMILES string of the molecule is CCC(CC)(C(=O)O)C1(O)CCOC1. The van der Waals surface area contributed by atoms with Crippen LogP contribution in [0.2, 0.25) is 0 Å². The van der Waals surface area contributed by atoms with E-state index in [1.54, 1.807) is 13.8 Å². The van der Waals surface area contributed by atoms with Crippen molar-refractivity contribution in [2.45, 2.75) is 38.7 Å². The number of carboxylic acids is 1. The second kappa shape index (κ2) is 3.87. The fraction of sp³-hybridized carbons (Fsp3) is 0.900. The molecule has 2 N–H and O–H groups in total. The maximum Gasteiger partial charge on any atom is 0.312 e. The normalized spacial score (nSPS) is 27.9. The number of rotatable bonds is 4.